The molecule has 1 fully saturated rings. The van der Waals surface area contributed by atoms with Crippen LogP contribution in [0.3, 0.4) is 0 Å². The molecule has 1 aliphatic rings. The third-order valence-corrected chi connectivity index (χ3v) is 4.48. The summed E-state index contributed by atoms with van der Waals surface area (Å²) < 4.78 is 11.3. The van der Waals surface area contributed by atoms with Crippen molar-refractivity contribution in [1.82, 2.24) is 9.80 Å². The van der Waals surface area contributed by atoms with Crippen molar-refractivity contribution in [2.45, 2.75) is 6.92 Å². The van der Waals surface area contributed by atoms with E-state index in [1.807, 2.05) is 31.2 Å². The van der Waals surface area contributed by atoms with Crippen LogP contribution in [0.15, 0.2) is 54.1 Å². The monoisotopic (exact) mass is 394 g/mol. The van der Waals surface area contributed by atoms with Gasteiger partial charge in [-0.2, -0.15) is 0 Å². The van der Waals surface area contributed by atoms with E-state index in [1.54, 1.807) is 24.3 Å². The normalized spacial score (nSPS) is 14.3. The standard InChI is InChI=1S/C22H22N2O5/c1-15-4-8-17(9-5-15)28-12-13-29-18-10-6-16(7-11-18)14-19-20(25)23(2)22(27)24(3)21(19)26/h4-11,14H,12-13H2,1-3H3. The highest BCUT2D eigenvalue weighted by Crippen LogP contribution is 2.20. The van der Waals surface area contributed by atoms with Gasteiger partial charge in [0, 0.05) is 14.1 Å². The first-order valence-electron chi connectivity index (χ1n) is 9.11. The van der Waals surface area contributed by atoms with Gasteiger partial charge in [0.15, 0.2) is 0 Å². The van der Waals surface area contributed by atoms with Gasteiger partial charge in [-0.05, 0) is 42.8 Å². The maximum absolute atomic E-state index is 12.2. The average Bonchev–Trinajstić information content (AvgIpc) is 2.73. The maximum atomic E-state index is 12.2. The van der Waals surface area contributed by atoms with Gasteiger partial charge in [-0.15, -0.1) is 0 Å². The van der Waals surface area contributed by atoms with Gasteiger partial charge in [-0.3, -0.25) is 19.4 Å². The van der Waals surface area contributed by atoms with Gasteiger partial charge >= 0.3 is 6.03 Å². The number of rotatable bonds is 6. The lowest BCUT2D eigenvalue weighted by atomic mass is 10.1. The molecule has 3 rings (SSSR count). The molecule has 0 aliphatic carbocycles. The molecular weight excluding hydrogens is 372 g/mol. The van der Waals surface area contributed by atoms with Crippen molar-refractivity contribution < 1.29 is 23.9 Å². The zero-order chi connectivity index (χ0) is 21.0. The van der Waals surface area contributed by atoms with Crippen LogP contribution < -0.4 is 9.47 Å². The van der Waals surface area contributed by atoms with Crippen molar-refractivity contribution in [3.63, 3.8) is 0 Å². The van der Waals surface area contributed by atoms with Gasteiger partial charge < -0.3 is 9.47 Å². The number of urea groups is 1. The quantitative estimate of drug-likeness (QED) is 0.428. The smallest absolute Gasteiger partial charge is 0.333 e. The fraction of sp³-hybridized carbons (Fsp3) is 0.227. The predicted octanol–water partition coefficient (Wildman–Crippen LogP) is 2.89. The van der Waals surface area contributed by atoms with Crippen molar-refractivity contribution in [2.24, 2.45) is 0 Å². The first-order chi connectivity index (χ1) is 13.9. The fourth-order valence-corrected chi connectivity index (χ4v) is 2.76. The number of amides is 4. The number of benzene rings is 2. The molecule has 7 heteroatoms. The van der Waals surface area contributed by atoms with Crippen LogP contribution in [0.4, 0.5) is 4.79 Å². The number of likely N-dealkylation sites (N-methyl/N-ethyl adjacent to an activating group) is 2. The van der Waals surface area contributed by atoms with Gasteiger partial charge in [-0.1, -0.05) is 29.8 Å². The van der Waals surface area contributed by atoms with Gasteiger partial charge in [-0.25, -0.2) is 4.79 Å². The van der Waals surface area contributed by atoms with Crippen molar-refractivity contribution in [3.05, 3.63) is 65.2 Å². The number of imide groups is 2. The van der Waals surface area contributed by atoms with E-state index in [9.17, 15) is 14.4 Å². The van der Waals surface area contributed by atoms with E-state index in [0.29, 0.717) is 24.5 Å². The van der Waals surface area contributed by atoms with E-state index in [0.717, 1.165) is 15.5 Å². The van der Waals surface area contributed by atoms with Crippen LogP contribution in [-0.4, -0.2) is 55.0 Å². The highest BCUT2D eigenvalue weighted by atomic mass is 16.5. The third kappa shape index (κ3) is 4.63. The summed E-state index contributed by atoms with van der Waals surface area (Å²) in [5, 5.41) is 0. The molecule has 0 radical (unpaired) electrons. The minimum atomic E-state index is -0.645. The lowest BCUT2D eigenvalue weighted by Crippen LogP contribution is -2.52. The lowest BCUT2D eigenvalue weighted by Gasteiger charge is -2.28. The third-order valence-electron chi connectivity index (χ3n) is 4.48. The molecule has 0 saturated carbocycles. The minimum absolute atomic E-state index is 0.0604. The first-order valence-corrected chi connectivity index (χ1v) is 9.11. The largest absolute Gasteiger partial charge is 0.490 e. The van der Waals surface area contributed by atoms with Gasteiger partial charge in [0.05, 0.1) is 0 Å². The Morgan fingerprint density at radius 1 is 0.759 bits per heavy atom. The Morgan fingerprint density at radius 3 is 1.69 bits per heavy atom. The molecule has 0 atom stereocenters. The predicted molar refractivity (Wildman–Crippen MR) is 108 cm³/mol. The topological polar surface area (TPSA) is 76.2 Å². The highest BCUT2D eigenvalue weighted by Gasteiger charge is 2.37. The number of barbiturate groups is 1. The molecule has 1 heterocycles. The van der Waals surface area contributed by atoms with Gasteiger partial charge in [0.2, 0.25) is 0 Å². The number of hydrogen-bond donors (Lipinski definition) is 0. The van der Waals surface area contributed by atoms with Crippen LogP contribution in [0.2, 0.25) is 0 Å². The Kier molecular flexibility index (Phi) is 5.97. The molecule has 2 aromatic rings. The molecule has 0 spiro atoms. The van der Waals surface area contributed by atoms with Crippen molar-refractivity contribution in [3.8, 4) is 11.5 Å². The molecule has 7 nitrogen and oxygen atoms in total. The molecule has 1 saturated heterocycles. The summed E-state index contributed by atoms with van der Waals surface area (Å²) in [4.78, 5) is 38.1. The van der Waals surface area contributed by atoms with Crippen LogP contribution in [0.1, 0.15) is 11.1 Å². The Bertz CT molecular complexity index is 922. The van der Waals surface area contributed by atoms with Crippen molar-refractivity contribution >= 4 is 23.9 Å². The SMILES string of the molecule is Cc1ccc(OCCOc2ccc(C=C3C(=O)N(C)C(=O)N(C)C3=O)cc2)cc1. The van der Waals surface area contributed by atoms with Crippen LogP contribution in [-0.2, 0) is 9.59 Å². The van der Waals surface area contributed by atoms with E-state index >= 15 is 0 Å². The number of aryl methyl sites for hydroxylation is 1. The summed E-state index contributed by atoms with van der Waals surface area (Å²) in [5.41, 5.74) is 1.76. The summed E-state index contributed by atoms with van der Waals surface area (Å²) in [6.45, 7) is 2.80. The zero-order valence-electron chi connectivity index (χ0n) is 16.5. The van der Waals surface area contributed by atoms with E-state index in [4.69, 9.17) is 9.47 Å². The van der Waals surface area contributed by atoms with Crippen LogP contribution in [0.25, 0.3) is 6.08 Å². The molecule has 150 valence electrons. The van der Waals surface area contributed by atoms with E-state index in [-0.39, 0.29) is 5.57 Å². The summed E-state index contributed by atoms with van der Waals surface area (Å²) in [7, 11) is 2.69. The van der Waals surface area contributed by atoms with Crippen molar-refractivity contribution in [2.75, 3.05) is 27.3 Å². The summed E-state index contributed by atoms with van der Waals surface area (Å²) in [6, 6.07) is 14.1. The van der Waals surface area contributed by atoms with Crippen molar-refractivity contribution in [1.29, 1.82) is 0 Å². The van der Waals surface area contributed by atoms with Crippen LogP contribution in [0.5, 0.6) is 11.5 Å². The van der Waals surface area contributed by atoms with E-state index in [2.05, 4.69) is 0 Å². The average molecular weight is 394 g/mol. The van der Waals surface area contributed by atoms with E-state index < -0.39 is 17.8 Å². The molecule has 0 unspecified atom stereocenters. The zero-order valence-corrected chi connectivity index (χ0v) is 16.5. The molecular formula is C22H22N2O5. The molecule has 29 heavy (non-hydrogen) atoms. The van der Waals surface area contributed by atoms with Gasteiger partial charge in [0.25, 0.3) is 11.8 Å². The Balaban J connectivity index is 1.57. The lowest BCUT2D eigenvalue weighted by molar-refractivity contribution is -0.134. The molecule has 4 amide bonds. The number of nitrogens with zero attached hydrogens (tertiary/aromatic N) is 2. The van der Waals surface area contributed by atoms with Crippen LogP contribution >= 0.6 is 0 Å². The van der Waals surface area contributed by atoms with E-state index in [1.165, 1.54) is 25.7 Å². The number of ether oxygens (including phenoxy) is 2. The fourth-order valence-electron chi connectivity index (χ4n) is 2.76. The summed E-state index contributed by atoms with van der Waals surface area (Å²) in [6.07, 6.45) is 1.47. The number of carbonyl (C=O) groups is 3. The number of carbonyl (C=O) groups excluding carboxylic acids is 3. The molecule has 1 aliphatic heterocycles. The molecule has 0 bridgehead atoms. The Labute approximate surface area is 169 Å². The van der Waals surface area contributed by atoms with Gasteiger partial charge in [0.1, 0.15) is 30.3 Å². The summed E-state index contributed by atoms with van der Waals surface area (Å²) >= 11 is 0. The first kappa shape index (κ1) is 20.1. The second kappa shape index (κ2) is 8.60. The van der Waals surface area contributed by atoms with Crippen LogP contribution in [0, 0.1) is 6.92 Å². The second-order valence-corrected chi connectivity index (χ2v) is 6.65. The molecule has 2 aromatic carbocycles. The Morgan fingerprint density at radius 2 is 1.21 bits per heavy atom. The number of hydrogen-bond acceptors (Lipinski definition) is 5. The maximum Gasteiger partial charge on any atom is 0.333 e. The highest BCUT2D eigenvalue weighted by molar-refractivity contribution is 6.30. The summed E-state index contributed by atoms with van der Waals surface area (Å²) in [5.74, 6) is 0.195. The molecule has 0 aromatic heterocycles. The second-order valence-electron chi connectivity index (χ2n) is 6.65. The Hall–Kier alpha value is -3.61. The molecule has 0 N–H and O–H groups in total. The minimum Gasteiger partial charge on any atom is -0.490 e.